The molecule has 0 saturated heterocycles. The van der Waals surface area contributed by atoms with Crippen LogP contribution in [-0.2, 0) is 5.60 Å². The second-order valence-corrected chi connectivity index (χ2v) is 4.08. The summed E-state index contributed by atoms with van der Waals surface area (Å²) in [6.07, 6.45) is -12.0. The number of nitrogens with one attached hydrogen (secondary N) is 1. The highest BCUT2D eigenvalue weighted by Crippen LogP contribution is 2.50. The van der Waals surface area contributed by atoms with E-state index in [0.717, 1.165) is 12.1 Å². The molecule has 2 N–H and O–H groups in total. The molecule has 0 saturated carbocycles. The van der Waals surface area contributed by atoms with Crippen LogP contribution in [0, 0.1) is 22.7 Å². The summed E-state index contributed by atoms with van der Waals surface area (Å²) in [5, 5.41) is 29.2. The fourth-order valence-electron chi connectivity index (χ4n) is 1.47. The first-order valence-corrected chi connectivity index (χ1v) is 5.57. The molecule has 11 heteroatoms. The van der Waals surface area contributed by atoms with E-state index in [1.807, 2.05) is 0 Å². The molecule has 0 aliphatic carbocycles. The summed E-state index contributed by atoms with van der Waals surface area (Å²) in [5.74, 6) is 0. The average Bonchev–Trinajstić information content (AvgIpc) is 2.45. The molecule has 0 fully saturated rings. The minimum Gasteiger partial charge on any atom is -0.369 e. The largest absolute Gasteiger partial charge is 0.430 e. The molecule has 0 radical (unpaired) electrons. The van der Waals surface area contributed by atoms with Crippen LogP contribution in [0.25, 0.3) is 0 Å². The van der Waals surface area contributed by atoms with Gasteiger partial charge in [0.05, 0.1) is 5.69 Å². The summed E-state index contributed by atoms with van der Waals surface area (Å²) < 4.78 is 75.9. The highest BCUT2D eigenvalue weighted by atomic mass is 19.4. The fraction of sp³-hybridized carbons (Fsp3) is 0.250. The summed E-state index contributed by atoms with van der Waals surface area (Å²) in [6.45, 7) is 0. The Bertz CT molecular complexity index is 648. The Morgan fingerprint density at radius 2 is 1.39 bits per heavy atom. The Labute approximate surface area is 125 Å². The van der Waals surface area contributed by atoms with Crippen LogP contribution in [0.1, 0.15) is 5.56 Å². The number of nitrogens with zero attached hydrogens (tertiary/aromatic N) is 3. The van der Waals surface area contributed by atoms with Gasteiger partial charge in [-0.25, -0.2) is 0 Å². The minimum absolute atomic E-state index is 0.0940. The van der Waals surface area contributed by atoms with Crippen molar-refractivity contribution in [2.45, 2.75) is 18.0 Å². The molecule has 1 aromatic rings. The molecular weight excluding hydrogens is 330 g/mol. The molecule has 0 aromatic heterocycles. The van der Waals surface area contributed by atoms with E-state index in [4.69, 9.17) is 15.6 Å². The Balaban J connectivity index is 3.20. The molecule has 0 heterocycles. The van der Waals surface area contributed by atoms with Gasteiger partial charge in [-0.15, -0.1) is 0 Å². The van der Waals surface area contributed by atoms with E-state index in [0.29, 0.717) is 12.1 Å². The predicted molar refractivity (Wildman–Crippen MR) is 64.7 cm³/mol. The van der Waals surface area contributed by atoms with Gasteiger partial charge >= 0.3 is 12.4 Å². The normalized spacial score (nSPS) is 12.0. The first kappa shape index (κ1) is 18.3. The van der Waals surface area contributed by atoms with Gasteiger partial charge in [-0.2, -0.15) is 42.0 Å². The molecule has 23 heavy (non-hydrogen) atoms. The Hall–Kier alpha value is -2.79. The number of hydrogen-bond donors (Lipinski definition) is 2. The Morgan fingerprint density at radius 3 is 1.74 bits per heavy atom. The smallest absolute Gasteiger partial charge is 0.369 e. The molecule has 5 nitrogen and oxygen atoms in total. The molecule has 1 aromatic carbocycles. The molecular formula is C12H6F6N4O. The molecule has 0 unspecified atom stereocenters. The van der Waals surface area contributed by atoms with Crippen molar-refractivity contribution >= 4 is 11.4 Å². The first-order valence-electron chi connectivity index (χ1n) is 5.57. The van der Waals surface area contributed by atoms with Crippen molar-refractivity contribution in [1.29, 1.82) is 10.5 Å². The van der Waals surface area contributed by atoms with Crippen molar-refractivity contribution in [1.82, 2.24) is 0 Å². The quantitative estimate of drug-likeness (QED) is 0.504. The van der Waals surface area contributed by atoms with Crippen molar-refractivity contribution in [3.63, 3.8) is 0 Å². The van der Waals surface area contributed by atoms with E-state index in [1.165, 1.54) is 12.1 Å². The van der Waals surface area contributed by atoms with Gasteiger partial charge < -0.3 is 5.11 Å². The zero-order valence-electron chi connectivity index (χ0n) is 10.9. The molecule has 0 bridgehead atoms. The monoisotopic (exact) mass is 336 g/mol. The molecule has 122 valence electrons. The molecule has 0 atom stereocenters. The van der Waals surface area contributed by atoms with Crippen LogP contribution >= 0.6 is 0 Å². The third-order valence-corrected chi connectivity index (χ3v) is 2.63. The third-order valence-electron chi connectivity index (χ3n) is 2.63. The number of halogens is 6. The lowest BCUT2D eigenvalue weighted by atomic mass is 9.92. The van der Waals surface area contributed by atoms with Crippen LogP contribution < -0.4 is 5.43 Å². The standard InChI is InChI=1S/C12H6F6N4O/c13-11(14,15)10(23,12(16,17)18)7-1-3-8(4-2-7)21-22-9(5-19)6-20/h1-4,21,23H. The van der Waals surface area contributed by atoms with Crippen LogP contribution in [0.5, 0.6) is 0 Å². The van der Waals surface area contributed by atoms with E-state index in [2.05, 4.69) is 10.5 Å². The van der Waals surface area contributed by atoms with Gasteiger partial charge in [0.15, 0.2) is 0 Å². The fourth-order valence-corrected chi connectivity index (χ4v) is 1.47. The zero-order valence-corrected chi connectivity index (χ0v) is 10.9. The maximum Gasteiger partial charge on any atom is 0.430 e. The van der Waals surface area contributed by atoms with Gasteiger partial charge in [0.2, 0.25) is 5.71 Å². The number of alkyl halides is 6. The van der Waals surface area contributed by atoms with E-state index >= 15 is 0 Å². The van der Waals surface area contributed by atoms with E-state index in [9.17, 15) is 26.3 Å². The lowest BCUT2D eigenvalue weighted by molar-refractivity contribution is -0.376. The summed E-state index contributed by atoms with van der Waals surface area (Å²) in [6, 6.07) is 5.12. The number of rotatable bonds is 3. The maximum absolute atomic E-state index is 12.7. The highest BCUT2D eigenvalue weighted by Gasteiger charge is 2.71. The average molecular weight is 336 g/mol. The summed E-state index contributed by atoms with van der Waals surface area (Å²) in [4.78, 5) is 0. The van der Waals surface area contributed by atoms with Crippen molar-refractivity contribution in [2.75, 3.05) is 5.43 Å². The SMILES string of the molecule is N#CC(C#N)=NNc1ccc(C(O)(C(F)(F)F)C(F)(F)F)cc1. The summed E-state index contributed by atoms with van der Waals surface area (Å²) in [7, 11) is 0. The number of aliphatic hydroxyl groups is 1. The van der Waals surface area contributed by atoms with Gasteiger partial charge in [-0.1, -0.05) is 12.1 Å². The predicted octanol–water partition coefficient (Wildman–Crippen LogP) is 2.81. The second-order valence-electron chi connectivity index (χ2n) is 4.08. The van der Waals surface area contributed by atoms with Gasteiger partial charge in [0.1, 0.15) is 12.1 Å². The van der Waals surface area contributed by atoms with Crippen LogP contribution in [0.15, 0.2) is 29.4 Å². The van der Waals surface area contributed by atoms with Crippen LogP contribution in [0.2, 0.25) is 0 Å². The number of hydrogen-bond acceptors (Lipinski definition) is 5. The number of anilines is 1. The number of nitriles is 2. The molecule has 0 aliphatic heterocycles. The van der Waals surface area contributed by atoms with Gasteiger partial charge in [0.25, 0.3) is 5.60 Å². The van der Waals surface area contributed by atoms with Crippen LogP contribution in [-0.4, -0.2) is 23.2 Å². The topological polar surface area (TPSA) is 92.2 Å². The van der Waals surface area contributed by atoms with E-state index in [-0.39, 0.29) is 5.69 Å². The molecule has 1 rings (SSSR count). The second kappa shape index (κ2) is 6.14. The number of hydrazone groups is 1. The summed E-state index contributed by atoms with van der Waals surface area (Å²) >= 11 is 0. The van der Waals surface area contributed by atoms with Crippen molar-refractivity contribution < 1.29 is 31.4 Å². The highest BCUT2D eigenvalue weighted by molar-refractivity contribution is 6.10. The first-order chi connectivity index (χ1) is 10.5. The molecule has 0 aliphatic rings. The minimum atomic E-state index is -5.98. The lowest BCUT2D eigenvalue weighted by Gasteiger charge is -2.32. The Morgan fingerprint density at radius 1 is 0.957 bits per heavy atom. The summed E-state index contributed by atoms with van der Waals surface area (Å²) in [5.41, 5.74) is -5.05. The zero-order chi connectivity index (χ0) is 17.9. The van der Waals surface area contributed by atoms with Gasteiger partial charge in [0, 0.05) is 5.56 Å². The third kappa shape index (κ3) is 3.52. The van der Waals surface area contributed by atoms with Gasteiger partial charge in [-0.05, 0) is 12.1 Å². The molecule has 0 spiro atoms. The van der Waals surface area contributed by atoms with Crippen molar-refractivity contribution in [3.8, 4) is 12.1 Å². The van der Waals surface area contributed by atoms with Crippen LogP contribution in [0.4, 0.5) is 32.0 Å². The van der Waals surface area contributed by atoms with Crippen molar-refractivity contribution in [2.24, 2.45) is 5.10 Å². The van der Waals surface area contributed by atoms with Crippen LogP contribution in [0.3, 0.4) is 0 Å². The van der Waals surface area contributed by atoms with Crippen molar-refractivity contribution in [3.05, 3.63) is 29.8 Å². The molecule has 0 amide bonds. The van der Waals surface area contributed by atoms with Gasteiger partial charge in [-0.3, -0.25) is 5.43 Å². The lowest BCUT2D eigenvalue weighted by Crippen LogP contribution is -2.53. The van der Waals surface area contributed by atoms with E-state index in [1.54, 1.807) is 0 Å². The number of benzene rings is 1. The Kier molecular flexibility index (Phi) is 4.87. The van der Waals surface area contributed by atoms with E-state index < -0.39 is 29.2 Å². The maximum atomic E-state index is 12.7.